The van der Waals surface area contributed by atoms with Crippen LogP contribution in [-0.2, 0) is 9.59 Å². The van der Waals surface area contributed by atoms with Gasteiger partial charge in [-0.15, -0.1) is 0 Å². The minimum atomic E-state index is -1.18. The second-order valence-corrected chi connectivity index (χ2v) is 2.21. The number of aliphatic carboxylic acids is 2. The van der Waals surface area contributed by atoms with Crippen LogP contribution in [0.1, 0.15) is 19.3 Å². The molecule has 0 spiro atoms. The summed E-state index contributed by atoms with van der Waals surface area (Å²) < 4.78 is 0. The molecule has 0 aliphatic carbocycles. The molecule has 3 N–H and O–H groups in total. The fourth-order valence-electron chi connectivity index (χ4n) is 0.590. The van der Waals surface area contributed by atoms with Gasteiger partial charge >= 0.3 is 35.5 Å². The van der Waals surface area contributed by atoms with E-state index in [0.717, 1.165) is 0 Å². The maximum Gasteiger partial charge on any atom is 1.00 e. The topological polar surface area (TPSA) is 103 Å². The van der Waals surface area contributed by atoms with Crippen molar-refractivity contribution in [2.45, 2.75) is 25.3 Å². The molecular formula is C6H10NNaO4. The molecule has 1 atom stereocenters. The maximum absolute atomic E-state index is 10.1. The number of carboxylic acid groups (broad SMARTS) is 2. The van der Waals surface area contributed by atoms with Crippen molar-refractivity contribution >= 4 is 11.9 Å². The van der Waals surface area contributed by atoms with Crippen LogP contribution in [0.25, 0.3) is 0 Å². The average Bonchev–Trinajstić information content (AvgIpc) is 1.86. The second-order valence-electron chi connectivity index (χ2n) is 2.21. The number of nitrogens with two attached hydrogens (primary N) is 1. The number of carboxylic acids is 2. The van der Waals surface area contributed by atoms with Gasteiger partial charge in [0.05, 0.1) is 0 Å². The summed E-state index contributed by atoms with van der Waals surface area (Å²) >= 11 is 0. The van der Waals surface area contributed by atoms with Crippen LogP contribution in [-0.4, -0.2) is 23.1 Å². The summed E-state index contributed by atoms with van der Waals surface area (Å²) in [6.45, 7) is 0. The summed E-state index contributed by atoms with van der Waals surface area (Å²) in [4.78, 5) is 19.9. The van der Waals surface area contributed by atoms with Crippen LogP contribution in [0.15, 0.2) is 0 Å². The van der Waals surface area contributed by atoms with Crippen molar-refractivity contribution in [1.82, 2.24) is 0 Å². The molecule has 0 saturated carbocycles. The molecule has 0 fully saturated rings. The van der Waals surface area contributed by atoms with Gasteiger partial charge in [-0.05, 0) is 19.3 Å². The van der Waals surface area contributed by atoms with Crippen LogP contribution < -0.4 is 40.4 Å². The Morgan fingerprint density at radius 1 is 1.50 bits per heavy atom. The fourth-order valence-corrected chi connectivity index (χ4v) is 0.590. The van der Waals surface area contributed by atoms with E-state index in [1.807, 2.05) is 0 Å². The van der Waals surface area contributed by atoms with Crippen molar-refractivity contribution in [3.05, 3.63) is 0 Å². The Kier molecular flexibility index (Phi) is 9.07. The predicted molar refractivity (Wildman–Crippen MR) is 34.5 cm³/mol. The Morgan fingerprint density at radius 3 is 2.33 bits per heavy atom. The Hall–Kier alpha value is -0.100. The summed E-state index contributed by atoms with van der Waals surface area (Å²) in [5, 5.41) is 18.1. The van der Waals surface area contributed by atoms with Gasteiger partial charge in [0.2, 0.25) is 0 Å². The van der Waals surface area contributed by atoms with Crippen LogP contribution >= 0.6 is 0 Å². The van der Waals surface area contributed by atoms with Crippen molar-refractivity contribution in [3.8, 4) is 0 Å². The van der Waals surface area contributed by atoms with Gasteiger partial charge in [-0.1, -0.05) is 0 Å². The quantitative estimate of drug-likeness (QED) is 0.417. The Bertz CT molecular complexity index is 162. The average molecular weight is 183 g/mol. The Morgan fingerprint density at radius 2 is 2.00 bits per heavy atom. The van der Waals surface area contributed by atoms with Gasteiger partial charge in [-0.25, -0.2) is 0 Å². The molecule has 0 amide bonds. The smallest absolute Gasteiger partial charge is 0.550 e. The van der Waals surface area contributed by atoms with E-state index < -0.39 is 18.0 Å². The molecule has 0 saturated heterocycles. The predicted octanol–water partition coefficient (Wildman–Crippen LogP) is -4.68. The number of carbonyl (C=O) groups is 2. The first kappa shape index (κ1) is 14.4. The molecule has 0 bridgehead atoms. The molecule has 0 aromatic carbocycles. The van der Waals surface area contributed by atoms with Crippen LogP contribution in [0.2, 0.25) is 0 Å². The largest absolute Gasteiger partial charge is 1.00 e. The van der Waals surface area contributed by atoms with E-state index in [-0.39, 0.29) is 48.8 Å². The molecule has 12 heavy (non-hydrogen) atoms. The maximum atomic E-state index is 10.1. The van der Waals surface area contributed by atoms with E-state index in [1.54, 1.807) is 0 Å². The van der Waals surface area contributed by atoms with E-state index in [2.05, 4.69) is 0 Å². The third-order valence-corrected chi connectivity index (χ3v) is 1.21. The van der Waals surface area contributed by atoms with Gasteiger partial charge in [0.15, 0.2) is 0 Å². The normalized spacial score (nSPS) is 11.4. The zero-order valence-corrected chi connectivity index (χ0v) is 8.95. The molecule has 5 nitrogen and oxygen atoms in total. The van der Waals surface area contributed by atoms with E-state index in [9.17, 15) is 14.7 Å². The molecule has 0 radical (unpaired) electrons. The summed E-state index contributed by atoms with van der Waals surface area (Å²) in [5.74, 6) is -2.29. The van der Waals surface area contributed by atoms with Crippen LogP contribution in [0.4, 0.5) is 0 Å². The number of hydrogen-bond donors (Lipinski definition) is 2. The fraction of sp³-hybridized carbons (Fsp3) is 0.667. The summed E-state index contributed by atoms with van der Waals surface area (Å²) in [5.41, 5.74) is 5.09. The van der Waals surface area contributed by atoms with Crippen LogP contribution in [0.5, 0.6) is 0 Å². The first-order chi connectivity index (χ1) is 5.04. The number of rotatable bonds is 5. The van der Waals surface area contributed by atoms with Crippen molar-refractivity contribution in [3.63, 3.8) is 0 Å². The summed E-state index contributed by atoms with van der Waals surface area (Å²) in [6.07, 6.45) is 0.278. The van der Waals surface area contributed by atoms with Crippen molar-refractivity contribution in [2.75, 3.05) is 0 Å². The SMILES string of the molecule is N[C@H](CCCC(=O)[O-])C(=O)O.[Na+]. The first-order valence-electron chi connectivity index (χ1n) is 3.22. The third kappa shape index (κ3) is 8.00. The molecule has 0 unspecified atom stereocenters. The van der Waals surface area contributed by atoms with Crippen molar-refractivity contribution in [1.29, 1.82) is 0 Å². The molecule has 64 valence electrons. The Balaban J connectivity index is 0. The molecule has 6 heteroatoms. The zero-order valence-electron chi connectivity index (χ0n) is 6.95. The third-order valence-electron chi connectivity index (χ3n) is 1.21. The van der Waals surface area contributed by atoms with E-state index in [4.69, 9.17) is 10.8 Å². The van der Waals surface area contributed by atoms with Gasteiger partial charge in [0.25, 0.3) is 0 Å². The molecule has 0 heterocycles. The van der Waals surface area contributed by atoms with E-state index in [0.29, 0.717) is 0 Å². The molecule has 0 aliphatic heterocycles. The minimum Gasteiger partial charge on any atom is -0.550 e. The van der Waals surface area contributed by atoms with E-state index in [1.165, 1.54) is 0 Å². The summed E-state index contributed by atoms with van der Waals surface area (Å²) in [7, 11) is 0. The standard InChI is InChI=1S/C6H11NO4.Na/c7-4(6(10)11)2-1-3-5(8)9;/h4H,1-3,7H2,(H,8,9)(H,10,11);/q;+1/p-1/t4-;/m1./s1. The molecule has 0 aromatic heterocycles. The van der Waals surface area contributed by atoms with Gasteiger partial charge in [-0.3, -0.25) is 4.79 Å². The van der Waals surface area contributed by atoms with Gasteiger partial charge < -0.3 is 20.7 Å². The zero-order chi connectivity index (χ0) is 8.85. The van der Waals surface area contributed by atoms with Crippen LogP contribution in [0.3, 0.4) is 0 Å². The van der Waals surface area contributed by atoms with Crippen LogP contribution in [0, 0.1) is 0 Å². The number of hydrogen-bond acceptors (Lipinski definition) is 4. The molecule has 0 rings (SSSR count). The van der Waals surface area contributed by atoms with Gasteiger partial charge in [-0.2, -0.15) is 0 Å². The number of carbonyl (C=O) groups excluding carboxylic acids is 1. The molecular weight excluding hydrogens is 173 g/mol. The summed E-state index contributed by atoms with van der Waals surface area (Å²) in [6, 6.07) is -0.964. The second kappa shape index (κ2) is 7.54. The van der Waals surface area contributed by atoms with Crippen molar-refractivity contribution in [2.24, 2.45) is 5.73 Å². The first-order valence-corrected chi connectivity index (χ1v) is 3.22. The monoisotopic (exact) mass is 183 g/mol. The minimum absolute atomic E-state index is 0. The van der Waals surface area contributed by atoms with Gasteiger partial charge in [0, 0.05) is 5.97 Å². The van der Waals surface area contributed by atoms with Crippen molar-refractivity contribution < 1.29 is 49.4 Å². The molecule has 0 aromatic rings. The Labute approximate surface area is 92.2 Å². The van der Waals surface area contributed by atoms with Gasteiger partial charge in [0.1, 0.15) is 6.04 Å². The van der Waals surface area contributed by atoms with E-state index >= 15 is 0 Å². The molecule has 0 aliphatic rings.